The van der Waals surface area contributed by atoms with E-state index in [2.05, 4.69) is 4.94 Å². The summed E-state index contributed by atoms with van der Waals surface area (Å²) in [6, 6.07) is -0.769. The second-order valence-corrected chi connectivity index (χ2v) is 2.63. The number of rotatable bonds is 5. The van der Waals surface area contributed by atoms with Gasteiger partial charge >= 0.3 is 5.97 Å². The third-order valence-electron chi connectivity index (χ3n) is 1.68. The van der Waals surface area contributed by atoms with Gasteiger partial charge in [0.05, 0.1) is 0 Å². The maximum absolute atomic E-state index is 10.6. The van der Waals surface area contributed by atoms with Crippen LogP contribution in [0, 0.1) is 0 Å². The van der Waals surface area contributed by atoms with E-state index in [0.29, 0.717) is 11.4 Å². The number of hydrazine groups is 1. The van der Waals surface area contributed by atoms with Crippen molar-refractivity contribution >= 4 is 5.97 Å². The Balaban J connectivity index is 2.39. The van der Waals surface area contributed by atoms with Crippen molar-refractivity contribution < 1.29 is 19.8 Å². The molecule has 0 aliphatic carbocycles. The number of nitrogens with zero attached hydrogens (tertiary/aromatic N) is 3. The van der Waals surface area contributed by atoms with Crippen LogP contribution in [0.4, 0.5) is 0 Å². The first kappa shape index (κ1) is 8.76. The maximum Gasteiger partial charge on any atom is 0.315 e. The van der Waals surface area contributed by atoms with Crippen LogP contribution < -0.4 is 0 Å². The van der Waals surface area contributed by atoms with Crippen molar-refractivity contribution in [3.63, 3.8) is 0 Å². The van der Waals surface area contributed by atoms with Crippen LogP contribution in [-0.4, -0.2) is 27.3 Å². The molecule has 0 unspecified atom stereocenters. The SMILES string of the molecule is CCCC[C@@H](C(=O)O)N1O[N+]1=[N-]. The lowest BCUT2D eigenvalue weighted by Gasteiger charge is -2.05. The number of carboxylic acid groups (broad SMARTS) is 1. The van der Waals surface area contributed by atoms with E-state index in [1.165, 1.54) is 0 Å². The molecule has 12 heavy (non-hydrogen) atoms. The highest BCUT2D eigenvalue weighted by atomic mass is 17.1. The van der Waals surface area contributed by atoms with Gasteiger partial charge in [0.1, 0.15) is 4.97 Å². The summed E-state index contributed by atoms with van der Waals surface area (Å²) in [5.41, 5.74) is 8.62. The molecule has 6 nitrogen and oxygen atoms in total. The van der Waals surface area contributed by atoms with Gasteiger partial charge < -0.3 is 5.11 Å². The predicted octanol–water partition coefficient (Wildman–Crippen LogP) is 0.741. The van der Waals surface area contributed by atoms with Crippen LogP contribution in [0.2, 0.25) is 0 Å². The molecular formula is C6H11N3O3. The number of hydrogen-bond acceptors (Lipinski definition) is 2. The summed E-state index contributed by atoms with van der Waals surface area (Å²) in [4.78, 5) is 15.4. The van der Waals surface area contributed by atoms with Gasteiger partial charge in [0.15, 0.2) is 6.04 Å². The third kappa shape index (κ3) is 1.84. The molecule has 0 amide bonds. The van der Waals surface area contributed by atoms with Crippen molar-refractivity contribution in [3.05, 3.63) is 5.53 Å². The Kier molecular flexibility index (Phi) is 2.47. The Bertz CT molecular complexity index is 206. The van der Waals surface area contributed by atoms with E-state index in [1.807, 2.05) is 6.92 Å². The Hall–Kier alpha value is -1.33. The fourth-order valence-corrected chi connectivity index (χ4v) is 0.961. The quantitative estimate of drug-likeness (QED) is 0.491. The second-order valence-electron chi connectivity index (χ2n) is 2.63. The maximum atomic E-state index is 10.6. The van der Waals surface area contributed by atoms with E-state index in [0.717, 1.165) is 18.0 Å². The zero-order chi connectivity index (χ0) is 9.14. The van der Waals surface area contributed by atoms with Crippen molar-refractivity contribution in [2.24, 2.45) is 0 Å². The van der Waals surface area contributed by atoms with E-state index < -0.39 is 12.0 Å². The van der Waals surface area contributed by atoms with Gasteiger partial charge in [0, 0.05) is 5.17 Å². The molecule has 0 radical (unpaired) electrons. The molecule has 0 aromatic carbocycles. The number of unbranched alkanes of at least 4 members (excludes halogenated alkanes) is 1. The first-order valence-corrected chi connectivity index (χ1v) is 3.86. The summed E-state index contributed by atoms with van der Waals surface area (Å²) in [7, 11) is 0. The molecule has 1 atom stereocenters. The van der Waals surface area contributed by atoms with Crippen molar-refractivity contribution in [1.82, 2.24) is 5.17 Å². The van der Waals surface area contributed by atoms with E-state index in [-0.39, 0.29) is 0 Å². The van der Waals surface area contributed by atoms with Gasteiger partial charge in [-0.3, -0.25) is 4.79 Å². The number of carbonyl (C=O) groups is 1. The topological polar surface area (TPSA) is 78.1 Å². The Labute approximate surface area is 69.7 Å². The summed E-state index contributed by atoms with van der Waals surface area (Å²) in [5.74, 6) is -0.986. The molecule has 1 aliphatic heterocycles. The van der Waals surface area contributed by atoms with Gasteiger partial charge in [-0.2, -0.15) is 0 Å². The van der Waals surface area contributed by atoms with Crippen LogP contribution in [0.3, 0.4) is 0 Å². The molecule has 1 saturated heterocycles. The van der Waals surface area contributed by atoms with Crippen molar-refractivity contribution in [2.75, 3.05) is 0 Å². The standard InChI is InChI=1S/C6H11N3O3/c1-2-3-4-5(6(10)11)8-9(7)12-8/h5H,2-4H2,1H3,(H,10,11)/t5-,8?/m0/s1. The fraction of sp³-hybridized carbons (Fsp3) is 0.833. The second kappa shape index (κ2) is 3.38. The molecule has 6 heteroatoms. The van der Waals surface area contributed by atoms with Crippen LogP contribution in [0.25, 0.3) is 5.53 Å². The largest absolute Gasteiger partial charge is 0.481 e. The minimum atomic E-state index is -0.986. The number of hydrogen-bond donors (Lipinski definition) is 1. The van der Waals surface area contributed by atoms with E-state index >= 15 is 0 Å². The molecule has 68 valence electrons. The highest BCUT2D eigenvalue weighted by Gasteiger charge is 2.42. The molecule has 1 heterocycles. The molecule has 0 aromatic rings. The highest BCUT2D eigenvalue weighted by Crippen LogP contribution is 2.19. The smallest absolute Gasteiger partial charge is 0.315 e. The number of hydroxylamine groups is 1. The van der Waals surface area contributed by atoms with E-state index in [9.17, 15) is 4.79 Å². The molecule has 0 aromatic heterocycles. The zero-order valence-corrected chi connectivity index (χ0v) is 6.80. The van der Waals surface area contributed by atoms with Crippen molar-refractivity contribution in [1.29, 1.82) is 0 Å². The molecule has 1 fully saturated rings. The average molecular weight is 173 g/mol. The van der Waals surface area contributed by atoms with Gasteiger partial charge in [-0.15, -0.1) is 4.94 Å². The number of aliphatic carboxylic acids is 1. The third-order valence-corrected chi connectivity index (χ3v) is 1.68. The highest BCUT2D eigenvalue weighted by molar-refractivity contribution is 5.73. The summed E-state index contributed by atoms with van der Waals surface area (Å²) >= 11 is 0. The Morgan fingerprint density at radius 1 is 1.83 bits per heavy atom. The Morgan fingerprint density at radius 2 is 2.42 bits per heavy atom. The lowest BCUT2D eigenvalue weighted by molar-refractivity contribution is -0.578. The van der Waals surface area contributed by atoms with E-state index in [4.69, 9.17) is 10.6 Å². The van der Waals surface area contributed by atoms with Crippen molar-refractivity contribution in [3.8, 4) is 0 Å². The normalized spacial score (nSPS) is 17.1. The van der Waals surface area contributed by atoms with Crippen molar-refractivity contribution in [2.45, 2.75) is 32.2 Å². The van der Waals surface area contributed by atoms with Gasteiger partial charge in [-0.1, -0.05) is 25.3 Å². The van der Waals surface area contributed by atoms with Gasteiger partial charge in [-0.25, -0.2) is 0 Å². The summed E-state index contributed by atoms with van der Waals surface area (Å²) in [5, 5.41) is 9.60. The molecular weight excluding hydrogens is 162 g/mol. The van der Waals surface area contributed by atoms with Crippen LogP contribution in [0.15, 0.2) is 0 Å². The summed E-state index contributed by atoms with van der Waals surface area (Å²) in [6.45, 7) is 1.97. The first-order valence-electron chi connectivity index (χ1n) is 3.86. The average Bonchev–Trinajstić information content (AvgIpc) is 2.67. The van der Waals surface area contributed by atoms with Crippen LogP contribution in [-0.2, 0) is 9.73 Å². The van der Waals surface area contributed by atoms with Crippen LogP contribution in [0.5, 0.6) is 0 Å². The molecule has 1 rings (SSSR count). The lowest BCUT2D eigenvalue weighted by atomic mass is 10.1. The Morgan fingerprint density at radius 3 is 2.75 bits per heavy atom. The van der Waals surface area contributed by atoms with Gasteiger partial charge in [0.2, 0.25) is 0 Å². The first-order chi connectivity index (χ1) is 5.66. The number of carboxylic acids is 1. The summed E-state index contributed by atoms with van der Waals surface area (Å²) < 4.78 is 0. The van der Waals surface area contributed by atoms with Gasteiger partial charge in [0.25, 0.3) is 0 Å². The van der Waals surface area contributed by atoms with Crippen LogP contribution >= 0.6 is 0 Å². The minimum absolute atomic E-state index is 0.425. The van der Waals surface area contributed by atoms with E-state index in [1.54, 1.807) is 0 Å². The van der Waals surface area contributed by atoms with Crippen LogP contribution in [0.1, 0.15) is 26.2 Å². The summed E-state index contributed by atoms with van der Waals surface area (Å²) in [6.07, 6.45) is 2.19. The van der Waals surface area contributed by atoms with Gasteiger partial charge in [-0.05, 0) is 6.42 Å². The molecule has 0 bridgehead atoms. The predicted molar refractivity (Wildman–Crippen MR) is 37.5 cm³/mol. The molecule has 0 spiro atoms. The molecule has 0 saturated carbocycles. The molecule has 1 aliphatic rings. The zero-order valence-electron chi connectivity index (χ0n) is 6.80. The lowest BCUT2D eigenvalue weighted by Crippen LogP contribution is -2.29. The molecule has 1 N–H and O–H groups in total. The fourth-order valence-electron chi connectivity index (χ4n) is 0.961. The monoisotopic (exact) mass is 173 g/mol. The minimum Gasteiger partial charge on any atom is -0.481 e.